The summed E-state index contributed by atoms with van der Waals surface area (Å²) >= 11 is 0. The number of fused-ring (bicyclic) bond motifs is 1. The number of aliphatic hydroxyl groups is 1. The summed E-state index contributed by atoms with van der Waals surface area (Å²) in [5.74, 6) is 1.16. The molecule has 1 aromatic heterocycles. The smallest absolute Gasteiger partial charge is 0.148 e. The number of rotatable bonds is 6. The van der Waals surface area contributed by atoms with E-state index in [-0.39, 0.29) is 12.4 Å². The maximum Gasteiger partial charge on any atom is 0.148 e. The largest absolute Gasteiger partial charge is 0.486 e. The summed E-state index contributed by atoms with van der Waals surface area (Å²) < 4.78 is 20.9. The van der Waals surface area contributed by atoms with E-state index in [9.17, 15) is 9.50 Å². The van der Waals surface area contributed by atoms with E-state index in [2.05, 4.69) is 4.98 Å². The van der Waals surface area contributed by atoms with Crippen molar-refractivity contribution in [3.63, 3.8) is 0 Å². The Hall–Kier alpha value is -3.18. The minimum absolute atomic E-state index is 0.287. The molecule has 3 aromatic carbocycles. The molecule has 0 fully saturated rings. The quantitative estimate of drug-likeness (QED) is 0.550. The zero-order chi connectivity index (χ0) is 18.6. The number of halogens is 1. The van der Waals surface area contributed by atoms with E-state index < -0.39 is 6.10 Å². The predicted octanol–water partition coefficient (Wildman–Crippen LogP) is 4.49. The van der Waals surface area contributed by atoms with Crippen molar-refractivity contribution in [3.05, 3.63) is 96.1 Å². The van der Waals surface area contributed by atoms with Gasteiger partial charge in [0.2, 0.25) is 0 Å². The van der Waals surface area contributed by atoms with E-state index >= 15 is 0 Å². The fraction of sp³-hybridized carbons (Fsp3) is 0.136. The molecule has 0 aliphatic rings. The number of ether oxygens (including phenoxy) is 1. The van der Waals surface area contributed by atoms with Crippen LogP contribution in [-0.4, -0.2) is 14.7 Å². The normalized spacial score (nSPS) is 12.2. The molecule has 136 valence electrons. The average Bonchev–Trinajstić information content (AvgIpc) is 3.05. The summed E-state index contributed by atoms with van der Waals surface area (Å²) in [4.78, 5) is 4.66. The van der Waals surface area contributed by atoms with Crippen molar-refractivity contribution in [1.82, 2.24) is 9.55 Å². The van der Waals surface area contributed by atoms with Gasteiger partial charge in [-0.2, -0.15) is 0 Å². The van der Waals surface area contributed by atoms with Gasteiger partial charge in [-0.05, 0) is 42.0 Å². The van der Waals surface area contributed by atoms with Crippen LogP contribution in [0.5, 0.6) is 5.75 Å². The van der Waals surface area contributed by atoms with E-state index in [0.717, 1.165) is 22.6 Å². The Labute approximate surface area is 156 Å². The van der Waals surface area contributed by atoms with Crippen LogP contribution in [0.1, 0.15) is 17.5 Å². The van der Waals surface area contributed by atoms with Gasteiger partial charge in [0.25, 0.3) is 0 Å². The van der Waals surface area contributed by atoms with Crippen LogP contribution < -0.4 is 4.74 Å². The molecule has 0 saturated carbocycles. The summed E-state index contributed by atoms with van der Waals surface area (Å²) in [6.07, 6.45) is -0.779. The third-order valence-electron chi connectivity index (χ3n) is 4.46. The summed E-state index contributed by atoms with van der Waals surface area (Å²) in [6, 6.07) is 23.2. The first-order valence-corrected chi connectivity index (χ1v) is 8.76. The molecule has 0 bridgehead atoms. The summed E-state index contributed by atoms with van der Waals surface area (Å²) in [5.41, 5.74) is 2.42. The Morgan fingerprint density at radius 2 is 1.63 bits per heavy atom. The monoisotopic (exact) mass is 362 g/mol. The molecule has 1 unspecified atom stereocenters. The highest BCUT2D eigenvalue weighted by atomic mass is 19.1. The average molecular weight is 362 g/mol. The van der Waals surface area contributed by atoms with Crippen LogP contribution in [-0.2, 0) is 13.2 Å². The van der Waals surface area contributed by atoms with Crippen molar-refractivity contribution < 1.29 is 14.2 Å². The van der Waals surface area contributed by atoms with Gasteiger partial charge in [-0.25, -0.2) is 9.37 Å². The summed E-state index contributed by atoms with van der Waals surface area (Å²) in [7, 11) is 0. The second-order valence-corrected chi connectivity index (χ2v) is 6.30. The Morgan fingerprint density at radius 3 is 2.41 bits per heavy atom. The first-order valence-electron chi connectivity index (χ1n) is 8.76. The van der Waals surface area contributed by atoms with E-state index in [1.807, 2.05) is 59.2 Å². The number of aromatic nitrogens is 2. The van der Waals surface area contributed by atoms with Gasteiger partial charge in [0, 0.05) is 0 Å². The van der Waals surface area contributed by atoms with Gasteiger partial charge in [0.15, 0.2) is 0 Å². The molecule has 1 atom stereocenters. The van der Waals surface area contributed by atoms with Gasteiger partial charge in [0.05, 0.1) is 23.7 Å². The molecule has 0 radical (unpaired) electrons. The number of benzene rings is 3. The minimum atomic E-state index is -0.779. The third kappa shape index (κ3) is 3.83. The van der Waals surface area contributed by atoms with E-state index in [0.29, 0.717) is 12.1 Å². The Kier molecular flexibility index (Phi) is 4.85. The number of hydrogen-bond acceptors (Lipinski definition) is 3. The zero-order valence-corrected chi connectivity index (χ0v) is 14.6. The third-order valence-corrected chi connectivity index (χ3v) is 4.46. The molecule has 5 heteroatoms. The molecule has 0 aliphatic heterocycles. The second kappa shape index (κ2) is 7.60. The fourth-order valence-electron chi connectivity index (χ4n) is 3.07. The molecule has 27 heavy (non-hydrogen) atoms. The van der Waals surface area contributed by atoms with Crippen LogP contribution in [0, 0.1) is 5.82 Å². The first-order chi connectivity index (χ1) is 13.2. The van der Waals surface area contributed by atoms with Crippen LogP contribution in [0.3, 0.4) is 0 Å². The lowest BCUT2D eigenvalue weighted by molar-refractivity contribution is 0.154. The molecule has 4 aromatic rings. The number of hydrogen-bond donors (Lipinski definition) is 1. The van der Waals surface area contributed by atoms with Crippen LogP contribution in [0.4, 0.5) is 4.39 Å². The van der Waals surface area contributed by atoms with Crippen molar-refractivity contribution in [3.8, 4) is 5.75 Å². The molecular weight excluding hydrogens is 343 g/mol. The molecule has 0 aliphatic carbocycles. The van der Waals surface area contributed by atoms with E-state index in [1.54, 1.807) is 12.1 Å². The Bertz CT molecular complexity index is 1030. The second-order valence-electron chi connectivity index (χ2n) is 6.30. The highest BCUT2D eigenvalue weighted by Crippen LogP contribution is 2.23. The highest BCUT2D eigenvalue weighted by molar-refractivity contribution is 5.75. The van der Waals surface area contributed by atoms with Crippen molar-refractivity contribution in [1.29, 1.82) is 0 Å². The molecule has 1 heterocycles. The van der Waals surface area contributed by atoms with Crippen LogP contribution >= 0.6 is 0 Å². The lowest BCUT2D eigenvalue weighted by Gasteiger charge is -2.15. The molecule has 1 N–H and O–H groups in total. The maximum atomic E-state index is 13.1. The van der Waals surface area contributed by atoms with E-state index in [4.69, 9.17) is 4.74 Å². The fourth-order valence-corrected chi connectivity index (χ4v) is 3.07. The van der Waals surface area contributed by atoms with Crippen molar-refractivity contribution in [2.45, 2.75) is 19.3 Å². The molecule has 4 rings (SSSR count). The summed E-state index contributed by atoms with van der Waals surface area (Å²) in [5, 5.41) is 10.6. The molecule has 0 amide bonds. The number of aliphatic hydroxyl groups excluding tert-OH is 1. The van der Waals surface area contributed by atoms with Crippen molar-refractivity contribution in [2.75, 3.05) is 0 Å². The van der Waals surface area contributed by atoms with Crippen molar-refractivity contribution >= 4 is 11.0 Å². The zero-order valence-electron chi connectivity index (χ0n) is 14.6. The van der Waals surface area contributed by atoms with Crippen molar-refractivity contribution in [2.24, 2.45) is 0 Å². The van der Waals surface area contributed by atoms with Gasteiger partial charge in [0.1, 0.15) is 24.0 Å². The maximum absolute atomic E-state index is 13.1. The predicted molar refractivity (Wildman–Crippen MR) is 102 cm³/mol. The number of nitrogens with zero attached hydrogens (tertiary/aromatic N) is 2. The van der Waals surface area contributed by atoms with Gasteiger partial charge in [-0.15, -0.1) is 0 Å². The van der Waals surface area contributed by atoms with Crippen LogP contribution in [0.2, 0.25) is 0 Å². The topological polar surface area (TPSA) is 47.3 Å². The summed E-state index contributed by atoms with van der Waals surface area (Å²) in [6.45, 7) is 0.592. The lowest BCUT2D eigenvalue weighted by Crippen LogP contribution is -2.13. The van der Waals surface area contributed by atoms with E-state index in [1.165, 1.54) is 12.1 Å². The van der Waals surface area contributed by atoms with Gasteiger partial charge < -0.3 is 14.4 Å². The molecule has 0 spiro atoms. The van der Waals surface area contributed by atoms with Gasteiger partial charge in [-0.3, -0.25) is 0 Å². The van der Waals surface area contributed by atoms with Gasteiger partial charge >= 0.3 is 0 Å². The Morgan fingerprint density at radius 1 is 0.926 bits per heavy atom. The SMILES string of the molecule is OC(Cn1c(COc2ccccc2)nc2ccccc21)c1ccc(F)cc1. The molecular formula is C22H19FN2O2. The first kappa shape index (κ1) is 17.2. The van der Waals surface area contributed by atoms with Crippen LogP contribution in [0.25, 0.3) is 11.0 Å². The Balaban J connectivity index is 1.62. The standard InChI is InChI=1S/C22H19FN2O2/c23-17-12-10-16(11-13-17)21(26)14-25-20-9-5-4-8-19(20)24-22(25)15-27-18-6-2-1-3-7-18/h1-13,21,26H,14-15H2. The highest BCUT2D eigenvalue weighted by Gasteiger charge is 2.16. The lowest BCUT2D eigenvalue weighted by atomic mass is 10.1. The number of imidazole rings is 1. The molecule has 0 saturated heterocycles. The molecule has 4 nitrogen and oxygen atoms in total. The minimum Gasteiger partial charge on any atom is -0.486 e. The number of para-hydroxylation sites is 3. The van der Waals surface area contributed by atoms with Crippen LogP contribution in [0.15, 0.2) is 78.9 Å². The van der Waals surface area contributed by atoms with Gasteiger partial charge in [-0.1, -0.05) is 42.5 Å².